The Hall–Kier alpha value is -1.12. The Morgan fingerprint density at radius 3 is 2.50 bits per heavy atom. The van der Waals surface area contributed by atoms with Crippen molar-refractivity contribution in [1.29, 1.82) is 0 Å². The second-order valence-electron chi connectivity index (χ2n) is 4.01. The molecule has 94 valence electrons. The summed E-state index contributed by atoms with van der Waals surface area (Å²) >= 11 is 11.9. The Morgan fingerprint density at radius 1 is 1.11 bits per heavy atom. The summed E-state index contributed by atoms with van der Waals surface area (Å²) in [6, 6.07) is 9.13. The van der Waals surface area contributed by atoms with Crippen LogP contribution in [0.4, 0.5) is 8.78 Å². The Bertz CT molecular complexity index is 582. The van der Waals surface area contributed by atoms with Crippen molar-refractivity contribution >= 4 is 23.2 Å². The van der Waals surface area contributed by atoms with Gasteiger partial charge in [-0.3, -0.25) is 0 Å². The lowest BCUT2D eigenvalue weighted by molar-refractivity contribution is 0.610. The monoisotopic (exact) mass is 286 g/mol. The summed E-state index contributed by atoms with van der Waals surface area (Å²) in [6.07, 6.45) is 0. The van der Waals surface area contributed by atoms with Crippen LogP contribution in [0.2, 0.25) is 5.02 Å². The van der Waals surface area contributed by atoms with E-state index in [2.05, 4.69) is 0 Å². The second kappa shape index (κ2) is 5.25. The van der Waals surface area contributed by atoms with E-state index in [1.807, 2.05) is 0 Å². The van der Waals surface area contributed by atoms with E-state index in [0.717, 1.165) is 0 Å². The Morgan fingerprint density at radius 2 is 1.83 bits per heavy atom. The minimum atomic E-state index is -0.692. The van der Waals surface area contributed by atoms with Gasteiger partial charge in [0.15, 0.2) is 0 Å². The van der Waals surface area contributed by atoms with Gasteiger partial charge in [-0.2, -0.15) is 0 Å². The van der Waals surface area contributed by atoms with E-state index in [9.17, 15) is 8.78 Å². The van der Waals surface area contributed by atoms with Gasteiger partial charge >= 0.3 is 0 Å². The molecule has 0 saturated heterocycles. The van der Waals surface area contributed by atoms with E-state index >= 15 is 0 Å². The number of rotatable bonds is 2. The largest absolute Gasteiger partial charge is 0.207 e. The van der Waals surface area contributed by atoms with Gasteiger partial charge in [0.05, 0.1) is 10.4 Å². The summed E-state index contributed by atoms with van der Waals surface area (Å²) < 4.78 is 27.0. The highest BCUT2D eigenvalue weighted by Gasteiger charge is 2.17. The van der Waals surface area contributed by atoms with Crippen molar-refractivity contribution in [3.63, 3.8) is 0 Å². The summed E-state index contributed by atoms with van der Waals surface area (Å²) in [5, 5.41) is -0.667. The van der Waals surface area contributed by atoms with Crippen LogP contribution < -0.4 is 0 Å². The summed E-state index contributed by atoms with van der Waals surface area (Å²) in [4.78, 5) is 0. The Kier molecular flexibility index (Phi) is 3.88. The highest BCUT2D eigenvalue weighted by atomic mass is 35.5. The zero-order valence-electron chi connectivity index (χ0n) is 9.55. The SMILES string of the molecule is Cc1cc(C(Cl)c2cccc(Cl)c2F)ccc1F. The van der Waals surface area contributed by atoms with Gasteiger partial charge in [-0.15, -0.1) is 11.6 Å². The third kappa shape index (κ3) is 2.50. The van der Waals surface area contributed by atoms with Crippen LogP contribution in [-0.2, 0) is 0 Å². The number of aryl methyl sites for hydroxylation is 1. The van der Waals surface area contributed by atoms with Crippen LogP contribution in [0.15, 0.2) is 36.4 Å². The van der Waals surface area contributed by atoms with Gasteiger partial charge in [-0.1, -0.05) is 35.9 Å². The first-order valence-electron chi connectivity index (χ1n) is 5.34. The third-order valence-corrected chi connectivity index (χ3v) is 3.51. The molecule has 0 saturated carbocycles. The van der Waals surface area contributed by atoms with Gasteiger partial charge in [-0.25, -0.2) is 8.78 Å². The molecule has 2 rings (SSSR count). The topological polar surface area (TPSA) is 0 Å². The van der Waals surface area contributed by atoms with Crippen molar-refractivity contribution in [3.8, 4) is 0 Å². The van der Waals surface area contributed by atoms with E-state index in [-0.39, 0.29) is 16.4 Å². The fraction of sp³-hybridized carbons (Fsp3) is 0.143. The van der Waals surface area contributed by atoms with Crippen molar-refractivity contribution in [2.24, 2.45) is 0 Å². The molecule has 0 spiro atoms. The van der Waals surface area contributed by atoms with Gasteiger partial charge in [0, 0.05) is 5.56 Å². The average Bonchev–Trinajstić information content (AvgIpc) is 2.35. The van der Waals surface area contributed by atoms with Crippen molar-refractivity contribution in [2.45, 2.75) is 12.3 Å². The molecule has 2 aromatic rings. The van der Waals surface area contributed by atoms with E-state index in [1.54, 1.807) is 31.2 Å². The predicted octanol–water partition coefficient (Wildman–Crippen LogP) is 5.25. The Labute approximate surface area is 114 Å². The quantitative estimate of drug-likeness (QED) is 0.661. The molecule has 0 bridgehead atoms. The number of hydrogen-bond acceptors (Lipinski definition) is 0. The van der Waals surface area contributed by atoms with Gasteiger partial charge in [-0.05, 0) is 30.2 Å². The lowest BCUT2D eigenvalue weighted by atomic mass is 10.0. The van der Waals surface area contributed by atoms with Crippen LogP contribution in [-0.4, -0.2) is 0 Å². The number of alkyl halides is 1. The maximum Gasteiger partial charge on any atom is 0.146 e. The minimum Gasteiger partial charge on any atom is -0.207 e. The molecule has 0 aliphatic rings. The molecule has 0 aliphatic heterocycles. The van der Waals surface area contributed by atoms with Gasteiger partial charge in [0.2, 0.25) is 0 Å². The lowest BCUT2D eigenvalue weighted by Gasteiger charge is -2.13. The van der Waals surface area contributed by atoms with Crippen molar-refractivity contribution in [1.82, 2.24) is 0 Å². The predicted molar refractivity (Wildman–Crippen MR) is 70.2 cm³/mol. The molecule has 0 radical (unpaired) electrons. The smallest absolute Gasteiger partial charge is 0.146 e. The number of halogens is 4. The molecule has 4 heteroatoms. The summed E-state index contributed by atoms with van der Waals surface area (Å²) in [7, 11) is 0. The first kappa shape index (κ1) is 13.3. The first-order valence-corrected chi connectivity index (χ1v) is 6.16. The molecule has 0 heterocycles. The van der Waals surface area contributed by atoms with Gasteiger partial charge in [0.25, 0.3) is 0 Å². The molecule has 18 heavy (non-hydrogen) atoms. The molecular formula is C14H10Cl2F2. The van der Waals surface area contributed by atoms with Crippen LogP contribution >= 0.6 is 23.2 Å². The molecule has 0 aliphatic carbocycles. The van der Waals surface area contributed by atoms with Crippen LogP contribution in [0, 0.1) is 18.6 Å². The van der Waals surface area contributed by atoms with E-state index in [0.29, 0.717) is 11.1 Å². The first-order chi connectivity index (χ1) is 8.50. The van der Waals surface area contributed by atoms with E-state index in [4.69, 9.17) is 23.2 Å². The fourth-order valence-corrected chi connectivity index (χ4v) is 2.21. The van der Waals surface area contributed by atoms with Crippen LogP contribution in [0.1, 0.15) is 22.1 Å². The summed E-state index contributed by atoms with van der Waals surface area (Å²) in [5.41, 5.74) is 1.40. The minimum absolute atomic E-state index is 0.0250. The number of hydrogen-bond donors (Lipinski definition) is 0. The molecule has 1 atom stereocenters. The molecule has 1 unspecified atom stereocenters. The highest BCUT2D eigenvalue weighted by Crippen LogP contribution is 2.33. The molecular weight excluding hydrogens is 277 g/mol. The van der Waals surface area contributed by atoms with Crippen LogP contribution in [0.5, 0.6) is 0 Å². The molecule has 0 aromatic heterocycles. The van der Waals surface area contributed by atoms with Gasteiger partial charge < -0.3 is 0 Å². The highest BCUT2D eigenvalue weighted by molar-refractivity contribution is 6.31. The summed E-state index contributed by atoms with van der Waals surface area (Å²) in [5.74, 6) is -0.852. The lowest BCUT2D eigenvalue weighted by Crippen LogP contribution is -1.98. The molecule has 0 fully saturated rings. The second-order valence-corrected chi connectivity index (χ2v) is 4.86. The van der Waals surface area contributed by atoms with Crippen molar-refractivity contribution in [2.75, 3.05) is 0 Å². The van der Waals surface area contributed by atoms with Crippen LogP contribution in [0.3, 0.4) is 0 Å². The molecule has 0 amide bonds. The van der Waals surface area contributed by atoms with Gasteiger partial charge in [0.1, 0.15) is 11.6 Å². The van der Waals surface area contributed by atoms with Crippen LogP contribution in [0.25, 0.3) is 0 Å². The molecule has 0 nitrogen and oxygen atoms in total. The average molecular weight is 287 g/mol. The zero-order valence-corrected chi connectivity index (χ0v) is 11.1. The maximum atomic E-state index is 13.8. The summed E-state index contributed by atoms with van der Waals surface area (Å²) in [6.45, 7) is 1.64. The van der Waals surface area contributed by atoms with E-state index in [1.165, 1.54) is 12.1 Å². The van der Waals surface area contributed by atoms with Crippen molar-refractivity contribution in [3.05, 3.63) is 69.7 Å². The normalized spacial score (nSPS) is 12.5. The molecule has 0 N–H and O–H groups in total. The van der Waals surface area contributed by atoms with E-state index < -0.39 is 11.2 Å². The standard InChI is InChI=1S/C14H10Cl2F2/c1-8-7-9(5-6-12(8)17)13(16)10-3-2-4-11(15)14(10)18/h2-7,13H,1H3. The maximum absolute atomic E-state index is 13.8. The number of benzene rings is 2. The third-order valence-electron chi connectivity index (χ3n) is 2.73. The zero-order chi connectivity index (χ0) is 13.3. The fourth-order valence-electron chi connectivity index (χ4n) is 1.72. The van der Waals surface area contributed by atoms with Crippen molar-refractivity contribution < 1.29 is 8.78 Å². The Balaban J connectivity index is 2.44. The molecule has 2 aromatic carbocycles.